The van der Waals surface area contributed by atoms with Crippen LogP contribution < -0.4 is 16.0 Å². The molecular weight excluding hydrogens is 283 g/mol. The summed E-state index contributed by atoms with van der Waals surface area (Å²) in [7, 11) is 0. The molecule has 1 heterocycles. The number of alkyl halides is 3. The minimum atomic E-state index is -4.34. The van der Waals surface area contributed by atoms with Crippen molar-refractivity contribution in [3.05, 3.63) is 23.8 Å². The summed E-state index contributed by atoms with van der Waals surface area (Å²) in [5.74, 6) is 0. The van der Waals surface area contributed by atoms with E-state index in [1.165, 1.54) is 6.08 Å². The number of amides is 2. The number of rotatable bonds is 2. The van der Waals surface area contributed by atoms with Gasteiger partial charge in [0.1, 0.15) is 0 Å². The van der Waals surface area contributed by atoms with Crippen LogP contribution >= 0.6 is 0 Å². The molecule has 2 rings (SSSR count). The Hall–Kier alpha value is -1.50. The predicted molar refractivity (Wildman–Crippen MR) is 73.9 cm³/mol. The van der Waals surface area contributed by atoms with E-state index in [2.05, 4.69) is 16.0 Å². The average Bonchev–Trinajstić information content (AvgIpc) is 2.38. The minimum Gasteiger partial charge on any atom is -0.335 e. The first-order valence-electron chi connectivity index (χ1n) is 7.04. The first-order chi connectivity index (χ1) is 9.78. The van der Waals surface area contributed by atoms with Gasteiger partial charge in [0.2, 0.25) is 0 Å². The van der Waals surface area contributed by atoms with Crippen LogP contribution in [0.5, 0.6) is 0 Å². The van der Waals surface area contributed by atoms with Crippen molar-refractivity contribution < 1.29 is 18.0 Å². The van der Waals surface area contributed by atoms with Gasteiger partial charge in [0.25, 0.3) is 0 Å². The number of piperidine rings is 1. The molecule has 0 spiro atoms. The molecule has 0 aromatic carbocycles. The highest BCUT2D eigenvalue weighted by molar-refractivity contribution is 5.75. The van der Waals surface area contributed by atoms with Gasteiger partial charge in [-0.3, -0.25) is 0 Å². The highest BCUT2D eigenvalue weighted by Crippen LogP contribution is 2.32. The molecule has 7 heteroatoms. The van der Waals surface area contributed by atoms with Crippen molar-refractivity contribution in [2.45, 2.75) is 43.9 Å². The second-order valence-electron chi connectivity index (χ2n) is 5.73. The lowest BCUT2D eigenvalue weighted by Crippen LogP contribution is -2.53. The molecule has 0 aromatic rings. The summed E-state index contributed by atoms with van der Waals surface area (Å²) in [5.41, 5.74) is -1.45. The molecule has 1 aliphatic heterocycles. The topological polar surface area (TPSA) is 53.2 Å². The van der Waals surface area contributed by atoms with E-state index in [0.717, 1.165) is 38.1 Å². The van der Waals surface area contributed by atoms with E-state index < -0.39 is 17.3 Å². The molecule has 3 N–H and O–H groups in total. The zero-order chi connectivity index (χ0) is 15.5. The lowest BCUT2D eigenvalue weighted by Gasteiger charge is -2.31. The number of hydrogen-bond donors (Lipinski definition) is 3. The van der Waals surface area contributed by atoms with E-state index in [0.29, 0.717) is 0 Å². The highest BCUT2D eigenvalue weighted by Gasteiger charge is 2.35. The summed E-state index contributed by atoms with van der Waals surface area (Å²) in [6.45, 7) is 3.43. The van der Waals surface area contributed by atoms with Gasteiger partial charge in [-0.05, 0) is 39.3 Å². The molecule has 2 aliphatic rings. The Kier molecular flexibility index (Phi) is 4.61. The maximum absolute atomic E-state index is 12.5. The fraction of sp³-hybridized carbons (Fsp3) is 0.643. The summed E-state index contributed by atoms with van der Waals surface area (Å²) in [6.07, 6.45) is 1.04. The molecule has 0 radical (unpaired) electrons. The molecule has 4 nitrogen and oxygen atoms in total. The number of carbonyl (C=O) groups excluding carboxylic acids is 1. The van der Waals surface area contributed by atoms with Crippen LogP contribution in [0.15, 0.2) is 23.8 Å². The smallest absolute Gasteiger partial charge is 0.335 e. The zero-order valence-corrected chi connectivity index (χ0v) is 11.9. The number of urea groups is 1. The number of carbonyl (C=O) groups is 1. The van der Waals surface area contributed by atoms with E-state index in [-0.39, 0.29) is 18.5 Å². The first kappa shape index (κ1) is 15.9. The maximum atomic E-state index is 12.5. The molecule has 0 aromatic heterocycles. The van der Waals surface area contributed by atoms with Crippen molar-refractivity contribution in [1.29, 1.82) is 0 Å². The van der Waals surface area contributed by atoms with Crippen molar-refractivity contribution in [2.24, 2.45) is 0 Å². The van der Waals surface area contributed by atoms with Crippen molar-refractivity contribution in [1.82, 2.24) is 16.0 Å². The number of nitrogens with one attached hydrogen (secondary N) is 3. The van der Waals surface area contributed by atoms with Crippen LogP contribution in [-0.2, 0) is 0 Å². The molecule has 2 amide bonds. The second kappa shape index (κ2) is 6.09. The normalized spacial score (nSPS) is 27.1. The van der Waals surface area contributed by atoms with Gasteiger partial charge < -0.3 is 16.0 Å². The van der Waals surface area contributed by atoms with E-state index in [1.54, 1.807) is 6.92 Å². The van der Waals surface area contributed by atoms with Crippen molar-refractivity contribution in [2.75, 3.05) is 13.1 Å². The zero-order valence-electron chi connectivity index (χ0n) is 11.9. The molecule has 0 saturated carbocycles. The van der Waals surface area contributed by atoms with E-state index in [1.807, 2.05) is 0 Å². The fourth-order valence-corrected chi connectivity index (χ4v) is 2.48. The minimum absolute atomic E-state index is 0.115. The Bertz CT molecular complexity index is 453. The third-order valence-electron chi connectivity index (χ3n) is 3.78. The first-order valence-corrected chi connectivity index (χ1v) is 7.04. The molecule has 118 valence electrons. The van der Waals surface area contributed by atoms with E-state index in [9.17, 15) is 18.0 Å². The van der Waals surface area contributed by atoms with Crippen molar-refractivity contribution in [3.8, 4) is 0 Å². The van der Waals surface area contributed by atoms with Crippen molar-refractivity contribution in [3.63, 3.8) is 0 Å². The molecular formula is C14H20F3N3O. The molecule has 1 aliphatic carbocycles. The molecule has 1 saturated heterocycles. The van der Waals surface area contributed by atoms with Gasteiger partial charge in [0.05, 0.1) is 11.1 Å². The van der Waals surface area contributed by atoms with E-state index in [4.69, 9.17) is 0 Å². The molecule has 0 bridgehead atoms. The van der Waals surface area contributed by atoms with Gasteiger partial charge >= 0.3 is 12.2 Å². The third kappa shape index (κ3) is 4.49. The lowest BCUT2D eigenvalue weighted by molar-refractivity contribution is -0.0887. The molecule has 21 heavy (non-hydrogen) atoms. The van der Waals surface area contributed by atoms with Crippen LogP contribution in [0, 0.1) is 0 Å². The van der Waals surface area contributed by atoms with Gasteiger partial charge in [0.15, 0.2) is 0 Å². The largest absolute Gasteiger partial charge is 0.416 e. The molecule has 1 atom stereocenters. The average molecular weight is 303 g/mol. The lowest BCUT2D eigenvalue weighted by atomic mass is 9.90. The number of allylic oxidation sites excluding steroid dienone is 2. The number of halogens is 3. The van der Waals surface area contributed by atoms with Crippen LogP contribution in [0.2, 0.25) is 0 Å². The summed E-state index contributed by atoms with van der Waals surface area (Å²) >= 11 is 0. The summed E-state index contributed by atoms with van der Waals surface area (Å²) in [4.78, 5) is 11.9. The SMILES string of the molecule is C[C@@]1(NC(=O)NC2CCNCC2)C=CC(C(F)(F)F)=CC1. The quantitative estimate of drug-likeness (QED) is 0.733. The van der Waals surface area contributed by atoms with E-state index >= 15 is 0 Å². The van der Waals surface area contributed by atoms with Crippen LogP contribution in [0.1, 0.15) is 26.2 Å². The Balaban J connectivity index is 1.87. The predicted octanol–water partition coefficient (Wildman–Crippen LogP) is 2.24. The highest BCUT2D eigenvalue weighted by atomic mass is 19.4. The van der Waals surface area contributed by atoms with Crippen molar-refractivity contribution >= 4 is 6.03 Å². The Morgan fingerprint density at radius 1 is 1.38 bits per heavy atom. The Morgan fingerprint density at radius 2 is 2.05 bits per heavy atom. The number of hydrogen-bond acceptors (Lipinski definition) is 2. The van der Waals surface area contributed by atoms with Crippen LogP contribution in [-0.4, -0.2) is 36.9 Å². The summed E-state index contributed by atoms with van der Waals surface area (Å²) in [5, 5.41) is 8.81. The van der Waals surface area contributed by atoms with Gasteiger partial charge in [-0.15, -0.1) is 0 Å². The van der Waals surface area contributed by atoms with Gasteiger partial charge in [-0.25, -0.2) is 4.79 Å². The van der Waals surface area contributed by atoms with Crippen LogP contribution in [0.3, 0.4) is 0 Å². The fourth-order valence-electron chi connectivity index (χ4n) is 2.48. The van der Waals surface area contributed by atoms with Gasteiger partial charge in [-0.2, -0.15) is 13.2 Å². The Labute approximate surface area is 121 Å². The maximum Gasteiger partial charge on any atom is 0.416 e. The third-order valence-corrected chi connectivity index (χ3v) is 3.78. The van der Waals surface area contributed by atoms with Crippen LogP contribution in [0.25, 0.3) is 0 Å². The summed E-state index contributed by atoms with van der Waals surface area (Å²) in [6, 6.07) is -0.221. The standard InChI is InChI=1S/C14H20F3N3O/c1-13(6-2-10(3-7-13)14(15,16)17)20-12(21)19-11-4-8-18-9-5-11/h2-3,6,11,18H,4-5,7-9H2,1H3,(H2,19,20,21)/t13-/m1/s1. The van der Waals surface area contributed by atoms with Crippen LogP contribution in [0.4, 0.5) is 18.0 Å². The van der Waals surface area contributed by atoms with Gasteiger partial charge in [0, 0.05) is 6.04 Å². The Morgan fingerprint density at radius 3 is 2.57 bits per heavy atom. The molecule has 0 unspecified atom stereocenters. The monoisotopic (exact) mass is 303 g/mol. The second-order valence-corrected chi connectivity index (χ2v) is 5.73. The summed E-state index contributed by atoms with van der Waals surface area (Å²) < 4.78 is 37.6. The van der Waals surface area contributed by atoms with Gasteiger partial charge in [-0.1, -0.05) is 18.2 Å². The molecule has 1 fully saturated rings.